The molecule has 1 aliphatic rings. The summed E-state index contributed by atoms with van der Waals surface area (Å²) in [6.07, 6.45) is 4.27. The van der Waals surface area contributed by atoms with Crippen LogP contribution >= 0.6 is 15.9 Å². The highest BCUT2D eigenvalue weighted by Crippen LogP contribution is 2.24. The van der Waals surface area contributed by atoms with Gasteiger partial charge in [-0.05, 0) is 52.2 Å². The molecule has 1 aromatic carbocycles. The van der Waals surface area contributed by atoms with Crippen LogP contribution in [0.1, 0.15) is 15.9 Å². The molecule has 0 unspecified atom stereocenters. The fourth-order valence-corrected chi connectivity index (χ4v) is 2.47. The van der Waals surface area contributed by atoms with Crippen LogP contribution in [0.25, 0.3) is 0 Å². The van der Waals surface area contributed by atoms with Crippen LogP contribution < -0.4 is 10.6 Å². The first-order chi connectivity index (χ1) is 9.24. The van der Waals surface area contributed by atoms with Gasteiger partial charge in [-0.25, -0.2) is 0 Å². The van der Waals surface area contributed by atoms with Gasteiger partial charge >= 0.3 is 0 Å². The molecule has 0 saturated carbocycles. The molecule has 1 amide bonds. The second-order valence-corrected chi connectivity index (χ2v) is 5.21. The average Bonchev–Trinajstić information content (AvgIpc) is 2.88. The topological polar surface area (TPSA) is 54.0 Å². The molecule has 5 heteroatoms. The van der Waals surface area contributed by atoms with Crippen LogP contribution in [-0.2, 0) is 6.42 Å². The Bertz CT molecular complexity index is 642. The van der Waals surface area contributed by atoms with E-state index in [0.29, 0.717) is 5.56 Å². The van der Waals surface area contributed by atoms with Crippen LogP contribution in [-0.4, -0.2) is 17.4 Å². The monoisotopic (exact) mass is 317 g/mol. The lowest BCUT2D eigenvalue weighted by atomic mass is 10.1. The molecule has 1 aromatic heterocycles. The Hall–Kier alpha value is -1.88. The quantitative estimate of drug-likeness (QED) is 0.895. The number of anilines is 2. The first kappa shape index (κ1) is 12.2. The van der Waals surface area contributed by atoms with Gasteiger partial charge in [0.2, 0.25) is 0 Å². The minimum atomic E-state index is -0.110. The van der Waals surface area contributed by atoms with Crippen molar-refractivity contribution in [2.45, 2.75) is 6.42 Å². The summed E-state index contributed by atoms with van der Waals surface area (Å²) >= 11 is 3.36. The second kappa shape index (κ2) is 5.01. The number of hydrogen-bond donors (Lipinski definition) is 2. The van der Waals surface area contributed by atoms with Gasteiger partial charge < -0.3 is 10.6 Å². The third-order valence-corrected chi connectivity index (χ3v) is 3.73. The molecule has 0 atom stereocenters. The molecule has 0 bridgehead atoms. The lowest BCUT2D eigenvalue weighted by Crippen LogP contribution is -2.12. The maximum absolute atomic E-state index is 12.2. The SMILES string of the molecule is O=C(Nc1ccncc1Br)c1ccc2c(c1)CCN2. The van der Waals surface area contributed by atoms with Crippen molar-refractivity contribution in [2.75, 3.05) is 17.2 Å². The van der Waals surface area contributed by atoms with E-state index in [1.165, 1.54) is 5.56 Å². The number of carbonyl (C=O) groups is 1. The number of aromatic nitrogens is 1. The van der Waals surface area contributed by atoms with Gasteiger partial charge in [0.25, 0.3) is 5.91 Å². The first-order valence-corrected chi connectivity index (χ1v) is 6.81. The van der Waals surface area contributed by atoms with Crippen LogP contribution in [0.5, 0.6) is 0 Å². The fourth-order valence-electron chi connectivity index (χ4n) is 2.12. The molecule has 0 aliphatic carbocycles. The zero-order valence-corrected chi connectivity index (χ0v) is 11.7. The highest BCUT2D eigenvalue weighted by molar-refractivity contribution is 9.10. The molecule has 4 nitrogen and oxygen atoms in total. The highest BCUT2D eigenvalue weighted by atomic mass is 79.9. The van der Waals surface area contributed by atoms with Gasteiger partial charge in [-0.1, -0.05) is 0 Å². The third kappa shape index (κ3) is 2.46. The Morgan fingerprint density at radius 1 is 1.37 bits per heavy atom. The predicted molar refractivity (Wildman–Crippen MR) is 78.5 cm³/mol. The second-order valence-electron chi connectivity index (χ2n) is 4.36. The molecular formula is C14H12BrN3O. The minimum Gasteiger partial charge on any atom is -0.384 e. The Morgan fingerprint density at radius 3 is 3.11 bits per heavy atom. The van der Waals surface area contributed by atoms with Gasteiger partial charge in [0.1, 0.15) is 0 Å². The van der Waals surface area contributed by atoms with Crippen LogP contribution in [0.15, 0.2) is 41.1 Å². The van der Waals surface area contributed by atoms with Crippen molar-refractivity contribution >= 4 is 33.2 Å². The van der Waals surface area contributed by atoms with E-state index >= 15 is 0 Å². The molecule has 0 radical (unpaired) electrons. The molecule has 19 heavy (non-hydrogen) atoms. The van der Waals surface area contributed by atoms with Gasteiger partial charge in [-0.2, -0.15) is 0 Å². The van der Waals surface area contributed by atoms with E-state index in [0.717, 1.165) is 28.8 Å². The maximum atomic E-state index is 12.2. The number of pyridine rings is 1. The predicted octanol–water partition coefficient (Wildman–Crippen LogP) is 3.06. The molecule has 0 fully saturated rings. The van der Waals surface area contributed by atoms with Crippen LogP contribution in [0.2, 0.25) is 0 Å². The molecule has 3 rings (SSSR count). The summed E-state index contributed by atoms with van der Waals surface area (Å²) in [6, 6.07) is 7.50. The number of carbonyl (C=O) groups excluding carboxylic acids is 1. The molecular weight excluding hydrogens is 306 g/mol. The third-order valence-electron chi connectivity index (χ3n) is 3.10. The number of nitrogens with zero attached hydrogens (tertiary/aromatic N) is 1. The minimum absolute atomic E-state index is 0.110. The van der Waals surface area contributed by atoms with Gasteiger partial charge in [0.05, 0.1) is 10.2 Å². The molecule has 0 saturated heterocycles. The van der Waals surface area contributed by atoms with Crippen LogP contribution in [0.3, 0.4) is 0 Å². The zero-order chi connectivity index (χ0) is 13.2. The number of hydrogen-bond acceptors (Lipinski definition) is 3. The smallest absolute Gasteiger partial charge is 0.255 e. The van der Waals surface area contributed by atoms with Crippen LogP contribution in [0.4, 0.5) is 11.4 Å². The maximum Gasteiger partial charge on any atom is 0.255 e. The Balaban J connectivity index is 1.83. The lowest BCUT2D eigenvalue weighted by Gasteiger charge is -2.08. The van der Waals surface area contributed by atoms with Crippen molar-refractivity contribution in [3.05, 3.63) is 52.3 Å². The van der Waals surface area contributed by atoms with E-state index in [4.69, 9.17) is 0 Å². The van der Waals surface area contributed by atoms with Crippen molar-refractivity contribution in [1.29, 1.82) is 0 Å². The average molecular weight is 318 g/mol. The number of rotatable bonds is 2. The zero-order valence-electron chi connectivity index (χ0n) is 10.1. The van der Waals surface area contributed by atoms with E-state index in [9.17, 15) is 4.79 Å². The van der Waals surface area contributed by atoms with E-state index in [-0.39, 0.29) is 5.91 Å². The molecule has 96 valence electrons. The summed E-state index contributed by atoms with van der Waals surface area (Å²) in [5.41, 5.74) is 3.72. The van der Waals surface area contributed by atoms with Crippen molar-refractivity contribution < 1.29 is 4.79 Å². The summed E-state index contributed by atoms with van der Waals surface area (Å²) in [7, 11) is 0. The molecule has 1 aliphatic heterocycles. The van der Waals surface area contributed by atoms with E-state index in [2.05, 4.69) is 31.5 Å². The number of benzene rings is 1. The van der Waals surface area contributed by atoms with Crippen molar-refractivity contribution in [2.24, 2.45) is 0 Å². The number of halogens is 1. The van der Waals surface area contributed by atoms with Crippen LogP contribution in [0, 0.1) is 0 Å². The highest BCUT2D eigenvalue weighted by Gasteiger charge is 2.14. The number of amides is 1. The molecule has 2 heterocycles. The number of fused-ring (bicyclic) bond motifs is 1. The van der Waals surface area contributed by atoms with Gasteiger partial charge in [-0.15, -0.1) is 0 Å². The van der Waals surface area contributed by atoms with E-state index in [1.54, 1.807) is 18.5 Å². The van der Waals surface area contributed by atoms with Gasteiger partial charge in [0, 0.05) is 30.2 Å². The summed E-state index contributed by atoms with van der Waals surface area (Å²) in [6.45, 7) is 0.941. The normalized spacial score (nSPS) is 12.7. The van der Waals surface area contributed by atoms with Crippen molar-refractivity contribution in [3.63, 3.8) is 0 Å². The first-order valence-electron chi connectivity index (χ1n) is 6.02. The van der Waals surface area contributed by atoms with Crippen molar-refractivity contribution in [3.8, 4) is 0 Å². The summed E-state index contributed by atoms with van der Waals surface area (Å²) in [4.78, 5) is 16.2. The Morgan fingerprint density at radius 2 is 2.26 bits per heavy atom. The molecule has 2 N–H and O–H groups in total. The number of nitrogens with one attached hydrogen (secondary N) is 2. The van der Waals surface area contributed by atoms with Gasteiger partial charge in [-0.3, -0.25) is 9.78 Å². The Kier molecular flexibility index (Phi) is 3.21. The van der Waals surface area contributed by atoms with Crippen molar-refractivity contribution in [1.82, 2.24) is 4.98 Å². The largest absolute Gasteiger partial charge is 0.384 e. The molecule has 0 spiro atoms. The summed E-state index contributed by atoms with van der Waals surface area (Å²) in [5.74, 6) is -0.110. The molecule has 2 aromatic rings. The Labute approximate surface area is 119 Å². The standard InChI is InChI=1S/C14H12BrN3O/c15-11-8-16-5-4-13(11)18-14(19)10-1-2-12-9(7-10)3-6-17-12/h1-2,4-5,7-8,17H,3,6H2,(H,16,18,19). The fraction of sp³-hybridized carbons (Fsp3) is 0.143. The summed E-state index contributed by atoms with van der Waals surface area (Å²) in [5, 5.41) is 6.15. The summed E-state index contributed by atoms with van der Waals surface area (Å²) < 4.78 is 0.770. The van der Waals surface area contributed by atoms with Gasteiger partial charge in [0.15, 0.2) is 0 Å². The lowest BCUT2D eigenvalue weighted by molar-refractivity contribution is 0.102. The van der Waals surface area contributed by atoms with E-state index in [1.807, 2.05) is 18.2 Å². The van der Waals surface area contributed by atoms with E-state index < -0.39 is 0 Å².